The van der Waals surface area contributed by atoms with Crippen LogP contribution in [0, 0.1) is 0 Å². The highest BCUT2D eigenvalue weighted by Crippen LogP contribution is 2.41. The highest BCUT2D eigenvalue weighted by Gasteiger charge is 2.14. The van der Waals surface area contributed by atoms with Crippen LogP contribution < -0.4 is 4.74 Å². The molecular formula is C19H16Cl2OS. The van der Waals surface area contributed by atoms with E-state index in [2.05, 4.69) is 24.5 Å². The largest absolute Gasteiger partial charge is 0.492 e. The average Bonchev–Trinajstić information content (AvgIpc) is 2.55. The van der Waals surface area contributed by atoms with E-state index in [0.717, 1.165) is 33.4 Å². The van der Waals surface area contributed by atoms with Gasteiger partial charge in [-0.2, -0.15) is 11.8 Å². The first kappa shape index (κ1) is 16.5. The molecule has 0 amide bonds. The van der Waals surface area contributed by atoms with Crippen LogP contribution >= 0.6 is 35.0 Å². The Morgan fingerprint density at radius 1 is 1.00 bits per heavy atom. The molecule has 1 nitrogen and oxygen atoms in total. The van der Waals surface area contributed by atoms with Gasteiger partial charge in [0.05, 0.1) is 11.6 Å². The van der Waals surface area contributed by atoms with Crippen LogP contribution in [-0.2, 0) is 0 Å². The quantitative estimate of drug-likeness (QED) is 0.475. The minimum absolute atomic E-state index is 0.628. The van der Waals surface area contributed by atoms with Gasteiger partial charge in [0.2, 0.25) is 0 Å². The molecule has 0 unspecified atom stereocenters. The van der Waals surface area contributed by atoms with Crippen molar-refractivity contribution in [2.45, 2.75) is 0 Å². The van der Waals surface area contributed by atoms with Gasteiger partial charge in [0.1, 0.15) is 5.75 Å². The summed E-state index contributed by atoms with van der Waals surface area (Å²) in [6.45, 7) is 0.664. The Bertz CT molecular complexity index is 833. The predicted octanol–water partition coefficient (Wildman–Crippen LogP) is 6.56. The van der Waals surface area contributed by atoms with Crippen molar-refractivity contribution < 1.29 is 4.74 Å². The lowest BCUT2D eigenvalue weighted by atomic mass is 9.97. The number of fused-ring (bicyclic) bond motifs is 1. The van der Waals surface area contributed by atoms with Crippen molar-refractivity contribution in [1.82, 2.24) is 0 Å². The van der Waals surface area contributed by atoms with Crippen LogP contribution in [-0.4, -0.2) is 18.6 Å². The zero-order valence-corrected chi connectivity index (χ0v) is 15.0. The van der Waals surface area contributed by atoms with E-state index in [0.29, 0.717) is 16.7 Å². The summed E-state index contributed by atoms with van der Waals surface area (Å²) >= 11 is 14.3. The third kappa shape index (κ3) is 3.60. The topological polar surface area (TPSA) is 9.23 Å². The van der Waals surface area contributed by atoms with Crippen molar-refractivity contribution in [2.75, 3.05) is 18.6 Å². The van der Waals surface area contributed by atoms with Crippen molar-refractivity contribution in [3.8, 4) is 16.9 Å². The summed E-state index contributed by atoms with van der Waals surface area (Å²) in [5.74, 6) is 1.79. The average molecular weight is 363 g/mol. The summed E-state index contributed by atoms with van der Waals surface area (Å²) in [6.07, 6.45) is 2.07. The van der Waals surface area contributed by atoms with Gasteiger partial charge in [0, 0.05) is 21.9 Å². The number of hydrogen-bond acceptors (Lipinski definition) is 2. The van der Waals surface area contributed by atoms with Crippen LogP contribution in [0.1, 0.15) is 0 Å². The lowest BCUT2D eigenvalue weighted by molar-refractivity contribution is 0.346. The number of halogens is 2. The maximum Gasteiger partial charge on any atom is 0.127 e. The number of hydrogen-bond donors (Lipinski definition) is 0. The van der Waals surface area contributed by atoms with Crippen LogP contribution in [0.3, 0.4) is 0 Å². The fraction of sp³-hybridized carbons (Fsp3) is 0.158. The fourth-order valence-electron chi connectivity index (χ4n) is 2.58. The smallest absolute Gasteiger partial charge is 0.127 e. The molecule has 0 saturated heterocycles. The number of benzene rings is 3. The Morgan fingerprint density at radius 3 is 2.61 bits per heavy atom. The van der Waals surface area contributed by atoms with E-state index in [4.69, 9.17) is 27.9 Å². The normalized spacial score (nSPS) is 10.9. The van der Waals surface area contributed by atoms with Crippen LogP contribution in [0.2, 0.25) is 10.0 Å². The highest BCUT2D eigenvalue weighted by molar-refractivity contribution is 7.98. The molecule has 118 valence electrons. The molecular weight excluding hydrogens is 347 g/mol. The van der Waals surface area contributed by atoms with Gasteiger partial charge in [-0.05, 0) is 35.2 Å². The lowest BCUT2D eigenvalue weighted by Crippen LogP contribution is -2.01. The molecule has 4 heteroatoms. The monoisotopic (exact) mass is 362 g/mol. The van der Waals surface area contributed by atoms with Crippen molar-refractivity contribution in [3.05, 3.63) is 64.6 Å². The summed E-state index contributed by atoms with van der Waals surface area (Å²) in [7, 11) is 0. The Morgan fingerprint density at radius 2 is 1.83 bits per heavy atom. The second kappa shape index (κ2) is 7.48. The molecule has 0 saturated carbocycles. The third-order valence-corrected chi connectivity index (χ3v) is 4.76. The molecule has 0 heterocycles. The van der Waals surface area contributed by atoms with E-state index in [1.54, 1.807) is 17.8 Å². The summed E-state index contributed by atoms with van der Waals surface area (Å²) < 4.78 is 6.01. The molecule has 0 spiro atoms. The van der Waals surface area contributed by atoms with Crippen LogP contribution in [0.15, 0.2) is 54.6 Å². The Hall–Kier alpha value is -1.35. The maximum atomic E-state index is 6.45. The third-order valence-electron chi connectivity index (χ3n) is 3.64. The lowest BCUT2D eigenvalue weighted by Gasteiger charge is -2.15. The zero-order valence-electron chi connectivity index (χ0n) is 12.7. The summed E-state index contributed by atoms with van der Waals surface area (Å²) in [5.41, 5.74) is 1.96. The van der Waals surface area contributed by atoms with Crippen LogP contribution in [0.5, 0.6) is 5.75 Å². The maximum absolute atomic E-state index is 6.45. The van der Waals surface area contributed by atoms with Gasteiger partial charge < -0.3 is 4.74 Å². The second-order valence-corrected chi connectivity index (χ2v) is 6.95. The molecule has 3 rings (SSSR count). The van der Waals surface area contributed by atoms with E-state index in [-0.39, 0.29) is 0 Å². The molecule has 23 heavy (non-hydrogen) atoms. The number of rotatable bonds is 5. The molecule has 3 aromatic carbocycles. The van der Waals surface area contributed by atoms with Gasteiger partial charge in [-0.15, -0.1) is 0 Å². The molecule has 0 radical (unpaired) electrons. The van der Waals surface area contributed by atoms with Crippen molar-refractivity contribution >= 4 is 45.7 Å². The first-order valence-electron chi connectivity index (χ1n) is 7.29. The molecule has 0 aliphatic heterocycles. The van der Waals surface area contributed by atoms with Crippen molar-refractivity contribution in [1.29, 1.82) is 0 Å². The van der Waals surface area contributed by atoms with E-state index in [9.17, 15) is 0 Å². The molecule has 0 atom stereocenters. The minimum atomic E-state index is 0.628. The zero-order chi connectivity index (χ0) is 16.2. The van der Waals surface area contributed by atoms with E-state index in [1.807, 2.05) is 30.3 Å². The first-order valence-corrected chi connectivity index (χ1v) is 9.44. The highest BCUT2D eigenvalue weighted by atomic mass is 35.5. The number of ether oxygens (including phenoxy) is 1. The van der Waals surface area contributed by atoms with Crippen molar-refractivity contribution in [3.63, 3.8) is 0 Å². The summed E-state index contributed by atoms with van der Waals surface area (Å²) in [4.78, 5) is 0. The predicted molar refractivity (Wildman–Crippen MR) is 103 cm³/mol. The SMILES string of the molecule is CSCCOc1ccc2ccccc2c1-c1ccc(Cl)cc1Cl. The molecule has 0 aliphatic carbocycles. The molecule has 0 aliphatic rings. The van der Waals surface area contributed by atoms with E-state index >= 15 is 0 Å². The Kier molecular flexibility index (Phi) is 5.37. The van der Waals surface area contributed by atoms with Crippen LogP contribution in [0.25, 0.3) is 21.9 Å². The fourth-order valence-corrected chi connectivity index (χ4v) is 3.33. The molecule has 0 N–H and O–H groups in total. The van der Waals surface area contributed by atoms with Gasteiger partial charge in [0.15, 0.2) is 0 Å². The molecule has 0 bridgehead atoms. The van der Waals surface area contributed by atoms with Gasteiger partial charge in [-0.3, -0.25) is 0 Å². The van der Waals surface area contributed by atoms with Gasteiger partial charge in [-0.1, -0.05) is 59.6 Å². The van der Waals surface area contributed by atoms with Gasteiger partial charge >= 0.3 is 0 Å². The first-order chi connectivity index (χ1) is 11.2. The van der Waals surface area contributed by atoms with Gasteiger partial charge in [0.25, 0.3) is 0 Å². The second-order valence-electron chi connectivity index (χ2n) is 5.13. The molecule has 3 aromatic rings. The molecule has 0 aromatic heterocycles. The van der Waals surface area contributed by atoms with E-state index in [1.165, 1.54) is 0 Å². The minimum Gasteiger partial charge on any atom is -0.492 e. The standard InChI is InChI=1S/C19H16Cl2OS/c1-23-11-10-22-18-9-6-13-4-2-3-5-15(13)19(18)16-8-7-14(20)12-17(16)21/h2-9,12H,10-11H2,1H3. The Labute approximate surface area is 150 Å². The van der Waals surface area contributed by atoms with Crippen molar-refractivity contribution in [2.24, 2.45) is 0 Å². The van der Waals surface area contributed by atoms with Gasteiger partial charge in [-0.25, -0.2) is 0 Å². The van der Waals surface area contributed by atoms with E-state index < -0.39 is 0 Å². The number of thioether (sulfide) groups is 1. The summed E-state index contributed by atoms with van der Waals surface area (Å²) in [5, 5.41) is 3.54. The van der Waals surface area contributed by atoms with Crippen LogP contribution in [0.4, 0.5) is 0 Å². The Balaban J connectivity index is 2.19. The summed E-state index contributed by atoms with van der Waals surface area (Å²) in [6, 6.07) is 17.9. The molecule has 0 fully saturated rings.